The van der Waals surface area contributed by atoms with Crippen molar-refractivity contribution in [2.75, 3.05) is 32.4 Å². The number of carbonyl (C=O) groups is 1. The second-order valence-electron chi connectivity index (χ2n) is 9.15. The number of hydrogen-bond acceptors (Lipinski definition) is 7. The topological polar surface area (TPSA) is 85.3 Å². The zero-order valence-corrected chi connectivity index (χ0v) is 16.7. The van der Waals surface area contributed by atoms with E-state index in [0.717, 1.165) is 10.6 Å². The number of piperidine rings is 1. The fourth-order valence-electron chi connectivity index (χ4n) is 7.71. The van der Waals surface area contributed by atoms with Gasteiger partial charge in [0.05, 0.1) is 31.1 Å². The molecule has 1 unspecified atom stereocenters. The Morgan fingerprint density at radius 2 is 2.03 bits per heavy atom. The van der Waals surface area contributed by atoms with Gasteiger partial charge < -0.3 is 24.9 Å². The van der Waals surface area contributed by atoms with Crippen LogP contribution in [0.2, 0.25) is 0 Å². The number of hydrogen-bond donors (Lipinski definition) is 1. The summed E-state index contributed by atoms with van der Waals surface area (Å²) in [6.45, 7) is 1.31. The highest BCUT2D eigenvalue weighted by atomic mass is 16.5. The van der Waals surface area contributed by atoms with Gasteiger partial charge in [-0.3, -0.25) is 9.69 Å². The van der Waals surface area contributed by atoms with Crippen molar-refractivity contribution in [3.63, 3.8) is 0 Å². The van der Waals surface area contributed by atoms with Gasteiger partial charge in [0.2, 0.25) is 0 Å². The molecule has 0 aromatic heterocycles. The lowest BCUT2D eigenvalue weighted by Crippen LogP contribution is -2.81. The van der Waals surface area contributed by atoms with Crippen molar-refractivity contribution in [3.05, 3.63) is 41.1 Å². The summed E-state index contributed by atoms with van der Waals surface area (Å²) >= 11 is 0. The van der Waals surface area contributed by atoms with E-state index < -0.39 is 28.0 Å². The van der Waals surface area contributed by atoms with Gasteiger partial charge in [0.25, 0.3) is 0 Å². The lowest BCUT2D eigenvalue weighted by Gasteiger charge is -2.71. The van der Waals surface area contributed by atoms with Gasteiger partial charge in [0.15, 0.2) is 0 Å². The van der Waals surface area contributed by atoms with Crippen molar-refractivity contribution in [1.29, 1.82) is 0 Å². The number of aliphatic hydroxyl groups is 1. The summed E-state index contributed by atoms with van der Waals surface area (Å²) < 4.78 is 10.6. The first kappa shape index (κ1) is 17.7. The molecule has 7 heteroatoms. The Labute approximate surface area is 169 Å². The number of carbonyl (C=O) groups excluding carboxylic acids is 1. The normalized spacial score (nSPS) is 43.7. The monoisotopic (exact) mass is 397 g/mol. The summed E-state index contributed by atoms with van der Waals surface area (Å²) in [6, 6.07) is 5.53. The van der Waals surface area contributed by atoms with E-state index >= 15 is 0 Å². The number of anilines is 1. The highest BCUT2D eigenvalue weighted by molar-refractivity contribution is 5.79. The summed E-state index contributed by atoms with van der Waals surface area (Å²) in [4.78, 5) is 14.9. The third-order valence-corrected chi connectivity index (χ3v) is 8.81. The van der Waals surface area contributed by atoms with Crippen molar-refractivity contribution in [2.24, 2.45) is 11.3 Å². The zero-order chi connectivity index (χ0) is 20.2. The average Bonchev–Trinajstić information content (AvgIpc) is 3.18. The second-order valence-corrected chi connectivity index (χ2v) is 9.15. The Kier molecular flexibility index (Phi) is 3.15. The number of methoxy groups -OCH3 is 2. The van der Waals surface area contributed by atoms with Gasteiger partial charge in [-0.2, -0.15) is 0 Å². The number of fused-ring (bicyclic) bond motifs is 2. The minimum absolute atomic E-state index is 0.276. The molecule has 1 aromatic rings. The summed E-state index contributed by atoms with van der Waals surface area (Å²) in [5.74, 6) is -0.0273. The zero-order valence-electron chi connectivity index (χ0n) is 16.7. The molecule has 154 valence electrons. The van der Waals surface area contributed by atoms with Crippen LogP contribution >= 0.6 is 0 Å². The fraction of sp³-hybridized carbons (Fsp3) is 0.591. The van der Waals surface area contributed by atoms with E-state index in [1.165, 1.54) is 7.11 Å². The molecule has 1 saturated carbocycles. The smallest absolute Gasteiger partial charge is 0.309 e. The van der Waals surface area contributed by atoms with Crippen LogP contribution in [0.5, 0.6) is 5.75 Å². The molecule has 0 radical (unpaired) electrons. The SMILES string of the molecule is COC(=O)C1CCN2CC[C@]34c5cc(OC)ccc5N([O-])[C@]35C=C[C@@]1(CC5)[C@]24O. The number of rotatable bonds is 2. The number of esters is 1. The minimum atomic E-state index is -1.32. The van der Waals surface area contributed by atoms with Gasteiger partial charge in [0, 0.05) is 24.2 Å². The molecule has 6 aliphatic rings. The fourth-order valence-corrected chi connectivity index (χ4v) is 7.71. The molecule has 5 atom stereocenters. The third kappa shape index (κ3) is 1.51. The highest BCUT2D eigenvalue weighted by Gasteiger charge is 2.83. The first-order chi connectivity index (χ1) is 13.9. The van der Waals surface area contributed by atoms with Crippen molar-refractivity contribution in [3.8, 4) is 5.75 Å². The molecule has 1 N–H and O–H groups in total. The Morgan fingerprint density at radius 1 is 1.21 bits per heavy atom. The molecule has 3 spiro atoms. The van der Waals surface area contributed by atoms with Crippen LogP contribution in [0.1, 0.15) is 31.2 Å². The molecule has 1 aromatic carbocycles. The van der Waals surface area contributed by atoms with Crippen LogP contribution in [-0.4, -0.2) is 54.5 Å². The number of nitrogens with zero attached hydrogens (tertiary/aromatic N) is 2. The molecule has 2 saturated heterocycles. The predicted molar refractivity (Wildman–Crippen MR) is 105 cm³/mol. The molecule has 7 rings (SSSR count). The lowest BCUT2D eigenvalue weighted by molar-refractivity contribution is -0.267. The first-order valence-corrected chi connectivity index (χ1v) is 10.3. The van der Waals surface area contributed by atoms with E-state index in [4.69, 9.17) is 9.47 Å². The Bertz CT molecular complexity index is 965. The van der Waals surface area contributed by atoms with E-state index in [1.807, 2.05) is 24.3 Å². The van der Waals surface area contributed by atoms with Crippen LogP contribution in [0.25, 0.3) is 0 Å². The molecular formula is C22H25N2O5-. The molecular weight excluding hydrogens is 372 g/mol. The molecule has 3 heterocycles. The summed E-state index contributed by atoms with van der Waals surface area (Å²) in [5.41, 5.74) is -2.28. The van der Waals surface area contributed by atoms with Crippen LogP contribution < -0.4 is 9.80 Å². The number of ether oxygens (including phenoxy) is 2. The maximum absolute atomic E-state index is 13.7. The van der Waals surface area contributed by atoms with Crippen molar-refractivity contribution in [1.82, 2.24) is 4.90 Å². The van der Waals surface area contributed by atoms with Crippen molar-refractivity contribution >= 4 is 11.7 Å². The maximum atomic E-state index is 13.7. The second kappa shape index (κ2) is 5.14. The standard InChI is InChI=1S/C22H25N2O5/c1-28-14-3-4-17-16(13-14)21-10-12-23-11-5-15(18(25)29-2)19(22(21,23)26)6-8-20(21,9-7-19)24(17)27/h3-4,6,8,13,15,26H,5,7,9-12H2,1-2H3/q-1/t15?,19-,20-,21-,22+/m0/s1. The van der Waals surface area contributed by atoms with Gasteiger partial charge in [-0.05, 0) is 49.4 Å². The van der Waals surface area contributed by atoms with Crippen LogP contribution in [0, 0.1) is 16.5 Å². The summed E-state index contributed by atoms with van der Waals surface area (Å²) in [6.07, 6.45) is 6.48. The van der Waals surface area contributed by atoms with Crippen molar-refractivity contribution in [2.45, 2.75) is 42.4 Å². The lowest BCUT2D eigenvalue weighted by atomic mass is 9.40. The van der Waals surface area contributed by atoms with E-state index in [2.05, 4.69) is 4.90 Å². The Morgan fingerprint density at radius 3 is 2.72 bits per heavy atom. The molecule has 29 heavy (non-hydrogen) atoms. The van der Waals surface area contributed by atoms with Crippen molar-refractivity contribution < 1.29 is 19.4 Å². The maximum Gasteiger partial charge on any atom is 0.309 e. The quantitative estimate of drug-likeness (QED) is 0.603. The molecule has 3 aliphatic carbocycles. The molecule has 3 fully saturated rings. The van der Waals surface area contributed by atoms with Crippen LogP contribution in [-0.2, 0) is 14.9 Å². The van der Waals surface area contributed by atoms with Crippen LogP contribution in [0.15, 0.2) is 30.4 Å². The number of benzene rings is 1. The summed E-state index contributed by atoms with van der Waals surface area (Å²) in [7, 11) is 3.02. The largest absolute Gasteiger partial charge is 0.758 e. The van der Waals surface area contributed by atoms with Crippen LogP contribution in [0.4, 0.5) is 5.69 Å². The van der Waals surface area contributed by atoms with Gasteiger partial charge in [-0.25, -0.2) is 0 Å². The van der Waals surface area contributed by atoms with E-state index in [-0.39, 0.29) is 5.97 Å². The Balaban J connectivity index is 1.68. The van der Waals surface area contributed by atoms with Crippen LogP contribution in [0.3, 0.4) is 0 Å². The average molecular weight is 397 g/mol. The molecule has 2 bridgehead atoms. The third-order valence-electron chi connectivity index (χ3n) is 8.81. The van der Waals surface area contributed by atoms with Gasteiger partial charge >= 0.3 is 5.97 Å². The van der Waals surface area contributed by atoms with E-state index in [9.17, 15) is 15.1 Å². The molecule has 3 aliphatic heterocycles. The van der Waals surface area contributed by atoms with Gasteiger partial charge in [-0.15, -0.1) is 0 Å². The van der Waals surface area contributed by atoms with Gasteiger partial charge in [-0.1, -0.05) is 12.2 Å². The molecule has 7 nitrogen and oxygen atoms in total. The minimum Gasteiger partial charge on any atom is -0.758 e. The first-order valence-electron chi connectivity index (χ1n) is 10.3. The van der Waals surface area contributed by atoms with E-state index in [0.29, 0.717) is 50.2 Å². The highest BCUT2D eigenvalue weighted by Crippen LogP contribution is 2.76. The predicted octanol–water partition coefficient (Wildman–Crippen LogP) is 1.93. The molecule has 0 amide bonds. The van der Waals surface area contributed by atoms with Gasteiger partial charge in [0.1, 0.15) is 11.5 Å². The number of hydroxylamine groups is 1. The van der Waals surface area contributed by atoms with E-state index in [1.54, 1.807) is 13.2 Å². The summed E-state index contributed by atoms with van der Waals surface area (Å²) in [5, 5.41) is 27.4. The Hall–Kier alpha value is -2.09.